The number of hydrogen-bond acceptors (Lipinski definition) is 1. The molecule has 0 aliphatic rings. The van der Waals surface area contributed by atoms with Gasteiger partial charge in [-0.15, -0.1) is 0 Å². The standard InChI is InChI=1S/C12H18BrFOSi/c1-12(2,16(3)4)8-15-9-5-6-11(14)10(13)7-9/h5-7,16H,8H2,1-4H3. The van der Waals surface area contributed by atoms with Gasteiger partial charge < -0.3 is 4.74 Å². The fourth-order valence-corrected chi connectivity index (χ4v) is 1.78. The van der Waals surface area contributed by atoms with Crippen molar-refractivity contribution in [1.29, 1.82) is 0 Å². The van der Waals surface area contributed by atoms with Gasteiger partial charge in [0.2, 0.25) is 0 Å². The van der Waals surface area contributed by atoms with E-state index in [9.17, 15) is 4.39 Å². The second-order valence-corrected chi connectivity index (χ2v) is 9.73. The molecule has 0 radical (unpaired) electrons. The molecule has 0 saturated carbocycles. The Morgan fingerprint density at radius 1 is 1.38 bits per heavy atom. The highest BCUT2D eigenvalue weighted by atomic mass is 79.9. The SMILES string of the molecule is C[SiH](C)C(C)(C)COc1ccc(F)c(Br)c1. The van der Waals surface area contributed by atoms with Gasteiger partial charge in [-0.2, -0.15) is 0 Å². The van der Waals surface area contributed by atoms with Crippen molar-refractivity contribution in [2.75, 3.05) is 6.61 Å². The van der Waals surface area contributed by atoms with Crippen LogP contribution >= 0.6 is 15.9 Å². The third kappa shape index (κ3) is 3.59. The molecule has 0 aliphatic heterocycles. The van der Waals surface area contributed by atoms with E-state index >= 15 is 0 Å². The molecular formula is C12H18BrFOSi. The Kier molecular flexibility index (Phi) is 4.56. The van der Waals surface area contributed by atoms with Gasteiger partial charge in [0, 0.05) is 8.80 Å². The minimum Gasteiger partial charge on any atom is -0.493 e. The van der Waals surface area contributed by atoms with Crippen molar-refractivity contribution >= 4 is 24.7 Å². The molecule has 1 aromatic carbocycles. The van der Waals surface area contributed by atoms with Crippen LogP contribution in [0.1, 0.15) is 13.8 Å². The minimum absolute atomic E-state index is 0.251. The molecule has 0 bridgehead atoms. The Hall–Kier alpha value is -0.353. The van der Waals surface area contributed by atoms with Crippen LogP contribution in [0.15, 0.2) is 22.7 Å². The van der Waals surface area contributed by atoms with Crippen LogP contribution in [-0.4, -0.2) is 15.4 Å². The number of halogens is 2. The lowest BCUT2D eigenvalue weighted by atomic mass is 10.2. The second-order valence-electron chi connectivity index (χ2n) is 5.01. The molecule has 1 aromatic rings. The monoisotopic (exact) mass is 304 g/mol. The first kappa shape index (κ1) is 13.7. The van der Waals surface area contributed by atoms with E-state index in [1.54, 1.807) is 12.1 Å². The molecule has 0 fully saturated rings. The van der Waals surface area contributed by atoms with Crippen molar-refractivity contribution in [2.24, 2.45) is 0 Å². The van der Waals surface area contributed by atoms with Crippen LogP contribution in [0.2, 0.25) is 18.1 Å². The summed E-state index contributed by atoms with van der Waals surface area (Å²) >= 11 is 3.15. The first-order valence-electron chi connectivity index (χ1n) is 5.41. The van der Waals surface area contributed by atoms with Crippen LogP contribution in [-0.2, 0) is 0 Å². The molecule has 90 valence electrons. The molecule has 16 heavy (non-hydrogen) atoms. The largest absolute Gasteiger partial charge is 0.493 e. The molecule has 0 saturated heterocycles. The maximum absolute atomic E-state index is 13.0. The molecule has 0 heterocycles. The zero-order valence-corrected chi connectivity index (χ0v) is 12.9. The van der Waals surface area contributed by atoms with Crippen molar-refractivity contribution < 1.29 is 9.13 Å². The van der Waals surface area contributed by atoms with Crippen molar-refractivity contribution in [2.45, 2.75) is 32.0 Å². The minimum atomic E-state index is -0.754. The Morgan fingerprint density at radius 2 is 2.00 bits per heavy atom. The van der Waals surface area contributed by atoms with Gasteiger partial charge >= 0.3 is 0 Å². The molecule has 0 aliphatic carbocycles. The lowest BCUT2D eigenvalue weighted by molar-refractivity contribution is 0.276. The molecule has 1 nitrogen and oxygen atoms in total. The van der Waals surface area contributed by atoms with Crippen molar-refractivity contribution in [1.82, 2.24) is 0 Å². The van der Waals surface area contributed by atoms with Crippen molar-refractivity contribution in [3.05, 3.63) is 28.5 Å². The molecule has 1 rings (SSSR count). The van der Waals surface area contributed by atoms with Crippen LogP contribution in [0.3, 0.4) is 0 Å². The van der Waals surface area contributed by atoms with Crippen LogP contribution in [0.4, 0.5) is 4.39 Å². The molecule has 0 spiro atoms. The normalized spacial score (nSPS) is 11.9. The first-order valence-corrected chi connectivity index (χ1v) is 9.09. The number of benzene rings is 1. The highest BCUT2D eigenvalue weighted by Crippen LogP contribution is 2.30. The molecule has 0 aromatic heterocycles. The fourth-order valence-electron chi connectivity index (χ4n) is 1.00. The first-order chi connectivity index (χ1) is 7.33. The Bertz CT molecular complexity index is 366. The summed E-state index contributed by atoms with van der Waals surface area (Å²) in [6.45, 7) is 9.76. The summed E-state index contributed by atoms with van der Waals surface area (Å²) < 4.78 is 19.2. The third-order valence-corrected chi connectivity index (χ3v) is 6.97. The molecule has 4 heteroatoms. The maximum atomic E-state index is 13.0. The number of rotatable bonds is 4. The Morgan fingerprint density at radius 3 is 2.50 bits per heavy atom. The summed E-state index contributed by atoms with van der Waals surface area (Å²) in [5.41, 5.74) is 0. The van der Waals surface area contributed by atoms with E-state index in [4.69, 9.17) is 4.74 Å². The highest BCUT2D eigenvalue weighted by molar-refractivity contribution is 9.10. The number of ether oxygens (including phenoxy) is 1. The van der Waals surface area contributed by atoms with Gasteiger partial charge in [0.15, 0.2) is 0 Å². The van der Waals surface area contributed by atoms with Gasteiger partial charge in [-0.05, 0) is 39.2 Å². The zero-order chi connectivity index (χ0) is 12.3. The predicted molar refractivity (Wildman–Crippen MR) is 72.5 cm³/mol. The van der Waals surface area contributed by atoms with Crippen LogP contribution in [0.25, 0.3) is 0 Å². The number of hydrogen-bond donors (Lipinski definition) is 0. The molecule has 0 atom stereocenters. The molecular weight excluding hydrogens is 287 g/mol. The van der Waals surface area contributed by atoms with Gasteiger partial charge in [-0.1, -0.05) is 26.9 Å². The zero-order valence-electron chi connectivity index (χ0n) is 10.2. The summed E-state index contributed by atoms with van der Waals surface area (Å²) in [5, 5.41) is 0.251. The van der Waals surface area contributed by atoms with Gasteiger partial charge in [0.1, 0.15) is 11.6 Å². The summed E-state index contributed by atoms with van der Waals surface area (Å²) in [6, 6.07) is 4.75. The summed E-state index contributed by atoms with van der Waals surface area (Å²) in [5.74, 6) is 0.459. The van der Waals surface area contributed by atoms with E-state index in [1.165, 1.54) is 6.07 Å². The maximum Gasteiger partial charge on any atom is 0.137 e. The highest BCUT2D eigenvalue weighted by Gasteiger charge is 2.24. The average molecular weight is 305 g/mol. The lowest BCUT2D eigenvalue weighted by Crippen LogP contribution is -2.27. The third-order valence-electron chi connectivity index (χ3n) is 3.06. The Balaban J connectivity index is 2.65. The van der Waals surface area contributed by atoms with Crippen LogP contribution in [0, 0.1) is 5.82 Å². The summed E-state index contributed by atoms with van der Waals surface area (Å²) in [4.78, 5) is 0. The summed E-state index contributed by atoms with van der Waals surface area (Å²) in [7, 11) is -0.754. The molecule has 0 N–H and O–H groups in total. The van der Waals surface area contributed by atoms with Gasteiger partial charge in [-0.3, -0.25) is 0 Å². The molecule has 0 amide bonds. The van der Waals surface area contributed by atoms with E-state index in [0.29, 0.717) is 11.1 Å². The van der Waals surface area contributed by atoms with Crippen molar-refractivity contribution in [3.63, 3.8) is 0 Å². The van der Waals surface area contributed by atoms with Crippen molar-refractivity contribution in [3.8, 4) is 5.75 Å². The van der Waals surface area contributed by atoms with E-state index in [1.807, 2.05) is 0 Å². The van der Waals surface area contributed by atoms with E-state index in [2.05, 4.69) is 42.9 Å². The van der Waals surface area contributed by atoms with Crippen LogP contribution in [0.5, 0.6) is 5.75 Å². The van der Waals surface area contributed by atoms with E-state index < -0.39 is 8.80 Å². The second kappa shape index (κ2) is 5.32. The lowest BCUT2D eigenvalue weighted by Gasteiger charge is -2.28. The molecule has 0 unspecified atom stereocenters. The van der Waals surface area contributed by atoms with E-state index in [0.717, 1.165) is 5.75 Å². The van der Waals surface area contributed by atoms with E-state index in [-0.39, 0.29) is 10.9 Å². The van der Waals surface area contributed by atoms with Gasteiger partial charge in [0.05, 0.1) is 11.1 Å². The predicted octanol–water partition coefficient (Wildman–Crippen LogP) is 4.23. The smallest absolute Gasteiger partial charge is 0.137 e. The Labute approximate surface area is 107 Å². The quantitative estimate of drug-likeness (QED) is 0.756. The fraction of sp³-hybridized carbons (Fsp3) is 0.500. The topological polar surface area (TPSA) is 9.23 Å². The summed E-state index contributed by atoms with van der Waals surface area (Å²) in [6.07, 6.45) is 0. The average Bonchev–Trinajstić information content (AvgIpc) is 2.20. The van der Waals surface area contributed by atoms with Gasteiger partial charge in [0.25, 0.3) is 0 Å². The van der Waals surface area contributed by atoms with Gasteiger partial charge in [-0.25, -0.2) is 4.39 Å². The van der Waals surface area contributed by atoms with Crippen LogP contribution < -0.4 is 4.74 Å².